The van der Waals surface area contributed by atoms with Crippen molar-refractivity contribution in [1.29, 1.82) is 0 Å². The Morgan fingerprint density at radius 1 is 1.40 bits per heavy atom. The average Bonchev–Trinajstić information content (AvgIpc) is 2.74. The molecule has 0 saturated heterocycles. The molecule has 1 heterocycles. The molecule has 4 nitrogen and oxygen atoms in total. The number of hydrogen-bond donors (Lipinski definition) is 1. The zero-order valence-electron chi connectivity index (χ0n) is 7.71. The standard InChI is InChI=1S/C10H8N2O2S/c11-7-3-1-2-4-9(7)14-10(13)8-5-15-6-12-8/h1-6H,11H2. The predicted molar refractivity (Wildman–Crippen MR) is 57.9 cm³/mol. The maximum absolute atomic E-state index is 11.5. The molecule has 0 fully saturated rings. The van der Waals surface area contributed by atoms with Gasteiger partial charge in [-0.3, -0.25) is 0 Å². The zero-order chi connectivity index (χ0) is 10.7. The van der Waals surface area contributed by atoms with Gasteiger partial charge < -0.3 is 10.5 Å². The summed E-state index contributed by atoms with van der Waals surface area (Å²) in [6, 6.07) is 6.83. The Balaban J connectivity index is 2.17. The van der Waals surface area contributed by atoms with E-state index < -0.39 is 5.97 Å². The molecule has 0 amide bonds. The van der Waals surface area contributed by atoms with Crippen molar-refractivity contribution in [3.8, 4) is 5.75 Å². The van der Waals surface area contributed by atoms with Gasteiger partial charge in [0.05, 0.1) is 11.2 Å². The second-order valence-corrected chi connectivity index (χ2v) is 3.52. The van der Waals surface area contributed by atoms with Gasteiger partial charge in [-0.05, 0) is 12.1 Å². The predicted octanol–water partition coefficient (Wildman–Crippen LogP) is 1.94. The topological polar surface area (TPSA) is 65.2 Å². The fourth-order valence-corrected chi connectivity index (χ4v) is 1.56. The minimum atomic E-state index is -0.492. The Labute approximate surface area is 90.3 Å². The van der Waals surface area contributed by atoms with Crippen LogP contribution in [0.15, 0.2) is 35.2 Å². The number of nitrogens with zero attached hydrogens (tertiary/aromatic N) is 1. The number of aromatic nitrogens is 1. The third kappa shape index (κ3) is 2.13. The first-order valence-electron chi connectivity index (χ1n) is 4.22. The molecule has 0 spiro atoms. The van der Waals surface area contributed by atoms with Crippen LogP contribution in [0.1, 0.15) is 10.5 Å². The Bertz CT molecular complexity index is 468. The first-order valence-corrected chi connectivity index (χ1v) is 5.16. The van der Waals surface area contributed by atoms with Crippen LogP contribution in [0.2, 0.25) is 0 Å². The Kier molecular flexibility index (Phi) is 2.64. The molecule has 0 bridgehead atoms. The number of para-hydroxylation sites is 2. The fourth-order valence-electron chi connectivity index (χ4n) is 1.04. The lowest BCUT2D eigenvalue weighted by atomic mass is 10.3. The highest BCUT2D eigenvalue weighted by molar-refractivity contribution is 7.07. The number of thiazole rings is 1. The van der Waals surface area contributed by atoms with Gasteiger partial charge in [-0.1, -0.05) is 12.1 Å². The van der Waals surface area contributed by atoms with Gasteiger partial charge in [-0.2, -0.15) is 0 Å². The molecule has 0 aliphatic rings. The minimum absolute atomic E-state index is 0.295. The highest BCUT2D eigenvalue weighted by atomic mass is 32.1. The van der Waals surface area contributed by atoms with Crippen LogP contribution in [-0.2, 0) is 0 Å². The average molecular weight is 220 g/mol. The molecule has 2 aromatic rings. The van der Waals surface area contributed by atoms with Crippen LogP contribution in [0.5, 0.6) is 5.75 Å². The number of carbonyl (C=O) groups is 1. The second-order valence-electron chi connectivity index (χ2n) is 2.80. The second kappa shape index (κ2) is 4.10. The molecule has 0 unspecified atom stereocenters. The summed E-state index contributed by atoms with van der Waals surface area (Å²) in [5.41, 5.74) is 7.93. The summed E-state index contributed by atoms with van der Waals surface area (Å²) in [5.74, 6) is -0.135. The van der Waals surface area contributed by atoms with Crippen LogP contribution in [-0.4, -0.2) is 11.0 Å². The lowest BCUT2D eigenvalue weighted by molar-refractivity contribution is 0.0730. The smallest absolute Gasteiger partial charge is 0.363 e. The lowest BCUT2D eigenvalue weighted by Gasteiger charge is -2.04. The SMILES string of the molecule is Nc1ccccc1OC(=O)c1cscn1. The number of hydrogen-bond acceptors (Lipinski definition) is 5. The first-order chi connectivity index (χ1) is 7.27. The van der Waals surface area contributed by atoms with Crippen molar-refractivity contribution in [2.75, 3.05) is 5.73 Å². The van der Waals surface area contributed by atoms with Crippen molar-refractivity contribution in [3.63, 3.8) is 0 Å². The fraction of sp³-hybridized carbons (Fsp3) is 0. The van der Waals surface area contributed by atoms with Crippen LogP contribution in [0.25, 0.3) is 0 Å². The van der Waals surface area contributed by atoms with Gasteiger partial charge in [0.1, 0.15) is 0 Å². The van der Waals surface area contributed by atoms with E-state index in [2.05, 4.69) is 4.98 Å². The van der Waals surface area contributed by atoms with Gasteiger partial charge in [-0.15, -0.1) is 11.3 Å². The Morgan fingerprint density at radius 2 is 2.20 bits per heavy atom. The van der Waals surface area contributed by atoms with Crippen molar-refractivity contribution in [1.82, 2.24) is 4.98 Å². The van der Waals surface area contributed by atoms with Gasteiger partial charge in [0.25, 0.3) is 0 Å². The summed E-state index contributed by atoms with van der Waals surface area (Å²) in [4.78, 5) is 15.3. The van der Waals surface area contributed by atoms with E-state index in [1.54, 1.807) is 35.2 Å². The summed E-state index contributed by atoms with van der Waals surface area (Å²) < 4.78 is 5.07. The number of esters is 1. The zero-order valence-corrected chi connectivity index (χ0v) is 8.53. The van der Waals surface area contributed by atoms with Crippen molar-refractivity contribution in [2.24, 2.45) is 0 Å². The highest BCUT2D eigenvalue weighted by Gasteiger charge is 2.11. The molecule has 2 N–H and O–H groups in total. The van der Waals surface area contributed by atoms with E-state index in [0.29, 0.717) is 17.1 Å². The van der Waals surface area contributed by atoms with Crippen molar-refractivity contribution < 1.29 is 9.53 Å². The molecule has 1 aromatic heterocycles. The third-order valence-corrected chi connectivity index (χ3v) is 2.35. The molecule has 0 aliphatic heterocycles. The maximum Gasteiger partial charge on any atom is 0.363 e. The molecular weight excluding hydrogens is 212 g/mol. The molecule has 0 aliphatic carbocycles. The lowest BCUT2D eigenvalue weighted by Crippen LogP contribution is -2.09. The van der Waals surface area contributed by atoms with Gasteiger partial charge >= 0.3 is 5.97 Å². The molecular formula is C10H8N2O2S. The van der Waals surface area contributed by atoms with E-state index >= 15 is 0 Å². The van der Waals surface area contributed by atoms with E-state index in [4.69, 9.17) is 10.5 Å². The number of ether oxygens (including phenoxy) is 1. The number of carbonyl (C=O) groups excluding carboxylic acids is 1. The van der Waals surface area contributed by atoms with Crippen LogP contribution in [0.3, 0.4) is 0 Å². The highest BCUT2D eigenvalue weighted by Crippen LogP contribution is 2.20. The van der Waals surface area contributed by atoms with Gasteiger partial charge in [0, 0.05) is 5.38 Å². The van der Waals surface area contributed by atoms with E-state index in [9.17, 15) is 4.79 Å². The number of nitrogens with two attached hydrogens (primary N) is 1. The normalized spacial score (nSPS) is 9.87. The molecule has 0 saturated carbocycles. The number of anilines is 1. The van der Waals surface area contributed by atoms with Gasteiger partial charge in [-0.25, -0.2) is 9.78 Å². The van der Waals surface area contributed by atoms with E-state index in [1.807, 2.05) is 0 Å². The van der Waals surface area contributed by atoms with E-state index in [-0.39, 0.29) is 0 Å². The quantitative estimate of drug-likeness (QED) is 0.477. The van der Waals surface area contributed by atoms with E-state index in [1.165, 1.54) is 11.3 Å². The number of nitrogen functional groups attached to an aromatic ring is 1. The molecule has 15 heavy (non-hydrogen) atoms. The molecule has 0 radical (unpaired) electrons. The summed E-state index contributed by atoms with van der Waals surface area (Å²) in [6.45, 7) is 0. The number of rotatable bonds is 2. The minimum Gasteiger partial charge on any atom is -0.420 e. The summed E-state index contributed by atoms with van der Waals surface area (Å²) in [6.07, 6.45) is 0. The van der Waals surface area contributed by atoms with E-state index in [0.717, 1.165) is 0 Å². The van der Waals surface area contributed by atoms with Gasteiger partial charge in [0.15, 0.2) is 11.4 Å². The molecule has 0 atom stereocenters. The Morgan fingerprint density at radius 3 is 2.87 bits per heavy atom. The van der Waals surface area contributed by atoms with Crippen LogP contribution < -0.4 is 10.5 Å². The van der Waals surface area contributed by atoms with Crippen molar-refractivity contribution >= 4 is 23.0 Å². The molecule has 5 heteroatoms. The maximum atomic E-state index is 11.5. The molecule has 1 aromatic carbocycles. The first kappa shape index (κ1) is 9.67. The van der Waals surface area contributed by atoms with Crippen LogP contribution in [0.4, 0.5) is 5.69 Å². The van der Waals surface area contributed by atoms with Gasteiger partial charge in [0.2, 0.25) is 0 Å². The largest absolute Gasteiger partial charge is 0.420 e. The van der Waals surface area contributed by atoms with Crippen molar-refractivity contribution in [3.05, 3.63) is 40.8 Å². The summed E-state index contributed by atoms with van der Waals surface area (Å²) >= 11 is 1.34. The van der Waals surface area contributed by atoms with Crippen LogP contribution >= 0.6 is 11.3 Å². The molecule has 2 rings (SSSR count). The van der Waals surface area contributed by atoms with Crippen molar-refractivity contribution in [2.45, 2.75) is 0 Å². The summed E-state index contributed by atoms with van der Waals surface area (Å²) in [7, 11) is 0. The number of benzene rings is 1. The summed E-state index contributed by atoms with van der Waals surface area (Å²) in [5, 5.41) is 1.63. The third-order valence-electron chi connectivity index (χ3n) is 1.76. The molecule has 76 valence electrons. The Hall–Kier alpha value is -1.88. The van der Waals surface area contributed by atoms with Crippen LogP contribution in [0, 0.1) is 0 Å². The monoisotopic (exact) mass is 220 g/mol.